The van der Waals surface area contributed by atoms with Gasteiger partial charge in [-0.05, 0) is 24.5 Å². The predicted molar refractivity (Wildman–Crippen MR) is 80.0 cm³/mol. The molecule has 1 aromatic carbocycles. The van der Waals surface area contributed by atoms with E-state index in [4.69, 9.17) is 10.5 Å². The molecular formula is C15H23N3O2. The van der Waals surface area contributed by atoms with Crippen LogP contribution in [0.5, 0.6) is 5.75 Å². The van der Waals surface area contributed by atoms with E-state index in [1.807, 2.05) is 12.1 Å². The summed E-state index contributed by atoms with van der Waals surface area (Å²) in [6.45, 7) is 3.13. The number of hydrogen-bond acceptors (Lipinski definition) is 4. The quantitative estimate of drug-likeness (QED) is 0.813. The molecule has 1 aromatic rings. The third-order valence-electron chi connectivity index (χ3n) is 3.66. The lowest BCUT2D eigenvalue weighted by molar-refractivity contribution is -0.121. The minimum Gasteiger partial charge on any atom is -0.497 e. The molecule has 0 bridgehead atoms. The third-order valence-corrected chi connectivity index (χ3v) is 3.66. The molecular weight excluding hydrogens is 254 g/mol. The molecule has 1 amide bonds. The Morgan fingerprint density at radius 2 is 2.40 bits per heavy atom. The second-order valence-corrected chi connectivity index (χ2v) is 5.14. The summed E-state index contributed by atoms with van der Waals surface area (Å²) < 4.78 is 5.25. The molecule has 110 valence electrons. The molecule has 1 fully saturated rings. The van der Waals surface area contributed by atoms with Crippen LogP contribution >= 0.6 is 0 Å². The van der Waals surface area contributed by atoms with Gasteiger partial charge in [0.1, 0.15) is 5.75 Å². The van der Waals surface area contributed by atoms with E-state index in [0.29, 0.717) is 18.9 Å². The zero-order chi connectivity index (χ0) is 14.4. The van der Waals surface area contributed by atoms with Gasteiger partial charge >= 0.3 is 0 Å². The Balaban J connectivity index is 1.84. The van der Waals surface area contributed by atoms with E-state index in [0.717, 1.165) is 31.8 Å². The van der Waals surface area contributed by atoms with Crippen molar-refractivity contribution in [1.82, 2.24) is 5.32 Å². The van der Waals surface area contributed by atoms with E-state index in [-0.39, 0.29) is 5.91 Å². The van der Waals surface area contributed by atoms with Crippen LogP contribution in [0.25, 0.3) is 0 Å². The molecule has 5 nitrogen and oxygen atoms in total. The molecule has 0 aliphatic carbocycles. The summed E-state index contributed by atoms with van der Waals surface area (Å²) in [4.78, 5) is 13.7. The largest absolute Gasteiger partial charge is 0.497 e. The number of amides is 1. The van der Waals surface area contributed by atoms with Crippen LogP contribution in [0.15, 0.2) is 24.3 Å². The van der Waals surface area contributed by atoms with Crippen molar-refractivity contribution < 1.29 is 9.53 Å². The van der Waals surface area contributed by atoms with Crippen LogP contribution in [0.2, 0.25) is 0 Å². The van der Waals surface area contributed by atoms with Gasteiger partial charge in [-0.3, -0.25) is 4.79 Å². The molecule has 1 saturated heterocycles. The number of rotatable bonds is 6. The second kappa shape index (κ2) is 7.14. The lowest BCUT2D eigenvalue weighted by atomic mass is 10.1. The van der Waals surface area contributed by atoms with Gasteiger partial charge < -0.3 is 20.7 Å². The fraction of sp³-hybridized carbons (Fsp3) is 0.533. The third kappa shape index (κ3) is 3.87. The number of nitrogens with zero attached hydrogens (tertiary/aromatic N) is 1. The number of nitrogens with one attached hydrogen (secondary N) is 1. The standard InChI is InChI=1S/C15H23N3O2/c1-20-14-4-2-3-13(9-14)18-8-6-12(11-18)10-17-15(19)5-7-16/h2-4,9,12H,5-8,10-11,16H2,1H3,(H,17,19). The van der Waals surface area contributed by atoms with Crippen LogP contribution in [0.3, 0.4) is 0 Å². The highest BCUT2D eigenvalue weighted by molar-refractivity contribution is 5.76. The van der Waals surface area contributed by atoms with E-state index in [2.05, 4.69) is 22.3 Å². The number of methoxy groups -OCH3 is 1. The summed E-state index contributed by atoms with van der Waals surface area (Å²) in [5.74, 6) is 1.43. The summed E-state index contributed by atoms with van der Waals surface area (Å²) in [6.07, 6.45) is 1.51. The van der Waals surface area contributed by atoms with Crippen LogP contribution in [0, 0.1) is 5.92 Å². The number of nitrogens with two attached hydrogens (primary N) is 1. The first kappa shape index (κ1) is 14.7. The van der Waals surface area contributed by atoms with Gasteiger partial charge in [0, 0.05) is 44.4 Å². The van der Waals surface area contributed by atoms with Crippen LogP contribution in [0.4, 0.5) is 5.69 Å². The molecule has 5 heteroatoms. The van der Waals surface area contributed by atoms with Gasteiger partial charge in [0.25, 0.3) is 0 Å². The topological polar surface area (TPSA) is 67.6 Å². The van der Waals surface area contributed by atoms with Gasteiger partial charge in [-0.1, -0.05) is 6.07 Å². The van der Waals surface area contributed by atoms with Gasteiger partial charge in [0.2, 0.25) is 5.91 Å². The van der Waals surface area contributed by atoms with Crippen LogP contribution in [0.1, 0.15) is 12.8 Å². The van der Waals surface area contributed by atoms with Gasteiger partial charge in [-0.2, -0.15) is 0 Å². The van der Waals surface area contributed by atoms with Crippen LogP contribution < -0.4 is 20.7 Å². The molecule has 0 saturated carbocycles. The normalized spacial score (nSPS) is 18.1. The molecule has 1 heterocycles. The molecule has 1 unspecified atom stereocenters. The van der Waals surface area contributed by atoms with Crippen molar-refractivity contribution in [2.75, 3.05) is 38.2 Å². The summed E-state index contributed by atoms with van der Waals surface area (Å²) >= 11 is 0. The van der Waals surface area contributed by atoms with E-state index in [1.165, 1.54) is 5.69 Å². The van der Waals surface area contributed by atoms with Gasteiger partial charge in [0.15, 0.2) is 0 Å². The number of anilines is 1. The molecule has 3 N–H and O–H groups in total. The Morgan fingerprint density at radius 3 is 3.15 bits per heavy atom. The van der Waals surface area contributed by atoms with Gasteiger partial charge in [0.05, 0.1) is 7.11 Å². The fourth-order valence-corrected chi connectivity index (χ4v) is 2.52. The number of ether oxygens (including phenoxy) is 1. The number of carbonyl (C=O) groups excluding carboxylic acids is 1. The van der Waals surface area contributed by atoms with Crippen molar-refractivity contribution in [2.24, 2.45) is 11.7 Å². The second-order valence-electron chi connectivity index (χ2n) is 5.14. The van der Waals surface area contributed by atoms with Gasteiger partial charge in [-0.15, -0.1) is 0 Å². The zero-order valence-corrected chi connectivity index (χ0v) is 12.0. The molecule has 1 aliphatic heterocycles. The Morgan fingerprint density at radius 1 is 1.55 bits per heavy atom. The van der Waals surface area contributed by atoms with Crippen LogP contribution in [-0.2, 0) is 4.79 Å². The van der Waals surface area contributed by atoms with Crippen molar-refractivity contribution >= 4 is 11.6 Å². The fourth-order valence-electron chi connectivity index (χ4n) is 2.52. The first-order valence-electron chi connectivity index (χ1n) is 7.08. The maximum Gasteiger partial charge on any atom is 0.221 e. The lowest BCUT2D eigenvalue weighted by Gasteiger charge is -2.19. The Labute approximate surface area is 120 Å². The number of hydrogen-bond donors (Lipinski definition) is 2. The zero-order valence-electron chi connectivity index (χ0n) is 12.0. The van der Waals surface area contributed by atoms with Crippen molar-refractivity contribution in [3.05, 3.63) is 24.3 Å². The minimum absolute atomic E-state index is 0.0485. The lowest BCUT2D eigenvalue weighted by Crippen LogP contribution is -2.32. The highest BCUT2D eigenvalue weighted by atomic mass is 16.5. The number of benzene rings is 1. The average molecular weight is 277 g/mol. The van der Waals surface area contributed by atoms with Crippen molar-refractivity contribution in [3.8, 4) is 5.75 Å². The summed E-state index contributed by atoms with van der Waals surface area (Å²) in [7, 11) is 1.68. The Kier molecular flexibility index (Phi) is 5.24. The maximum absolute atomic E-state index is 11.4. The molecule has 0 spiro atoms. The van der Waals surface area contributed by atoms with Gasteiger partial charge in [-0.25, -0.2) is 0 Å². The van der Waals surface area contributed by atoms with E-state index >= 15 is 0 Å². The Hall–Kier alpha value is -1.75. The first-order chi connectivity index (χ1) is 9.72. The summed E-state index contributed by atoms with van der Waals surface area (Å²) in [6, 6.07) is 8.10. The number of carbonyl (C=O) groups is 1. The van der Waals surface area contributed by atoms with E-state index < -0.39 is 0 Å². The van der Waals surface area contributed by atoms with Crippen molar-refractivity contribution in [2.45, 2.75) is 12.8 Å². The highest BCUT2D eigenvalue weighted by Crippen LogP contribution is 2.26. The van der Waals surface area contributed by atoms with Crippen LogP contribution in [-0.4, -0.2) is 39.2 Å². The molecule has 2 rings (SSSR count). The molecule has 1 aliphatic rings. The molecule has 1 atom stereocenters. The average Bonchev–Trinajstić information content (AvgIpc) is 2.94. The SMILES string of the molecule is COc1cccc(N2CCC(CNC(=O)CCN)C2)c1. The smallest absolute Gasteiger partial charge is 0.221 e. The summed E-state index contributed by atoms with van der Waals surface area (Å²) in [5, 5.41) is 2.95. The predicted octanol–water partition coefficient (Wildman–Crippen LogP) is 0.987. The monoisotopic (exact) mass is 277 g/mol. The van der Waals surface area contributed by atoms with Crippen molar-refractivity contribution in [3.63, 3.8) is 0 Å². The minimum atomic E-state index is 0.0485. The maximum atomic E-state index is 11.4. The molecule has 0 radical (unpaired) electrons. The summed E-state index contributed by atoms with van der Waals surface area (Å²) in [5.41, 5.74) is 6.54. The molecule has 0 aromatic heterocycles. The molecule has 20 heavy (non-hydrogen) atoms. The Bertz CT molecular complexity index is 450. The highest BCUT2D eigenvalue weighted by Gasteiger charge is 2.23. The van der Waals surface area contributed by atoms with E-state index in [1.54, 1.807) is 7.11 Å². The van der Waals surface area contributed by atoms with E-state index in [9.17, 15) is 4.79 Å². The van der Waals surface area contributed by atoms with Crippen molar-refractivity contribution in [1.29, 1.82) is 0 Å². The first-order valence-corrected chi connectivity index (χ1v) is 7.08.